The van der Waals surface area contributed by atoms with Crippen molar-refractivity contribution in [2.24, 2.45) is 5.10 Å². The van der Waals surface area contributed by atoms with Crippen LogP contribution >= 0.6 is 0 Å². The summed E-state index contributed by atoms with van der Waals surface area (Å²) in [5.41, 5.74) is 6.40. The van der Waals surface area contributed by atoms with Crippen molar-refractivity contribution in [2.75, 3.05) is 19.6 Å². The summed E-state index contributed by atoms with van der Waals surface area (Å²) in [7, 11) is 2.85. The van der Waals surface area contributed by atoms with Crippen LogP contribution in [0.1, 0.15) is 16.7 Å². The van der Waals surface area contributed by atoms with Gasteiger partial charge < -0.3 is 9.47 Å². The molecule has 0 atom stereocenters. The number of methoxy groups -OCH3 is 2. The van der Waals surface area contributed by atoms with Crippen LogP contribution in [0, 0.1) is 24.0 Å². The van der Waals surface area contributed by atoms with E-state index in [0.717, 1.165) is 11.3 Å². The van der Waals surface area contributed by atoms with Crippen LogP contribution < -0.4 is 14.9 Å². The van der Waals surface area contributed by atoms with Gasteiger partial charge in [0, 0.05) is 17.7 Å². The minimum Gasteiger partial charge on any atom is -0.496 e. The Morgan fingerprint density at radius 3 is 2.38 bits per heavy atom. The maximum atomic E-state index is 11.1. The number of anilines is 1. The second-order valence-corrected chi connectivity index (χ2v) is 5.19. The van der Waals surface area contributed by atoms with Crippen LogP contribution in [0.4, 0.5) is 11.4 Å². The maximum Gasteiger partial charge on any atom is 0.311 e. The van der Waals surface area contributed by atoms with Crippen LogP contribution in [-0.4, -0.2) is 25.4 Å². The van der Waals surface area contributed by atoms with Crippen molar-refractivity contribution in [2.45, 2.75) is 13.8 Å². The smallest absolute Gasteiger partial charge is 0.311 e. The van der Waals surface area contributed by atoms with Crippen LogP contribution in [0.5, 0.6) is 11.5 Å². The average molecular weight is 329 g/mol. The quantitative estimate of drug-likeness (QED) is 0.496. The highest BCUT2D eigenvalue weighted by atomic mass is 16.6. The third-order valence-corrected chi connectivity index (χ3v) is 3.63. The van der Waals surface area contributed by atoms with Gasteiger partial charge in [0.25, 0.3) is 0 Å². The van der Waals surface area contributed by atoms with Crippen LogP contribution in [0.15, 0.2) is 35.4 Å². The van der Waals surface area contributed by atoms with Crippen LogP contribution in [0.3, 0.4) is 0 Å². The number of rotatable bonds is 6. The molecule has 0 aliphatic rings. The van der Waals surface area contributed by atoms with E-state index in [0.29, 0.717) is 11.3 Å². The molecule has 7 nitrogen and oxygen atoms in total. The Balaban J connectivity index is 2.28. The maximum absolute atomic E-state index is 11.1. The van der Waals surface area contributed by atoms with Gasteiger partial charge in [-0.05, 0) is 37.1 Å². The number of ether oxygens (including phenoxy) is 2. The molecule has 0 aromatic heterocycles. The Morgan fingerprint density at radius 1 is 1.08 bits per heavy atom. The number of nitro groups is 1. The van der Waals surface area contributed by atoms with Crippen LogP contribution in [0.2, 0.25) is 0 Å². The van der Waals surface area contributed by atoms with Gasteiger partial charge in [-0.15, -0.1) is 0 Å². The summed E-state index contributed by atoms with van der Waals surface area (Å²) in [4.78, 5) is 10.6. The number of benzene rings is 2. The van der Waals surface area contributed by atoms with E-state index in [2.05, 4.69) is 10.5 Å². The number of hydrogen-bond donors (Lipinski definition) is 1. The van der Waals surface area contributed by atoms with Gasteiger partial charge >= 0.3 is 5.69 Å². The Hall–Kier alpha value is -3.09. The number of hydrogen-bond acceptors (Lipinski definition) is 6. The molecular weight excluding hydrogens is 310 g/mol. The third-order valence-electron chi connectivity index (χ3n) is 3.63. The molecule has 126 valence electrons. The lowest BCUT2D eigenvalue weighted by Crippen LogP contribution is -1.99. The molecule has 1 N–H and O–H groups in total. The fourth-order valence-corrected chi connectivity index (χ4v) is 2.14. The lowest BCUT2D eigenvalue weighted by molar-refractivity contribution is -0.385. The topological polar surface area (TPSA) is 86.0 Å². The molecule has 2 aromatic carbocycles. The minimum absolute atomic E-state index is 0.135. The van der Waals surface area contributed by atoms with Crippen LogP contribution in [0.25, 0.3) is 0 Å². The van der Waals surface area contributed by atoms with E-state index in [-0.39, 0.29) is 11.4 Å². The zero-order valence-electron chi connectivity index (χ0n) is 14.0. The summed E-state index contributed by atoms with van der Waals surface area (Å²) in [5.74, 6) is 0.569. The number of nitrogens with zero attached hydrogens (tertiary/aromatic N) is 2. The van der Waals surface area contributed by atoms with E-state index < -0.39 is 4.92 Å². The normalized spacial score (nSPS) is 10.7. The molecule has 0 aliphatic carbocycles. The first kappa shape index (κ1) is 17.3. The lowest BCUT2D eigenvalue weighted by atomic mass is 10.1. The lowest BCUT2D eigenvalue weighted by Gasteiger charge is -2.08. The molecular formula is C17H19N3O4. The number of nitrogens with one attached hydrogen (secondary N) is 1. The Kier molecular flexibility index (Phi) is 5.36. The van der Waals surface area contributed by atoms with E-state index in [1.165, 1.54) is 38.1 Å². The molecule has 0 radical (unpaired) electrons. The summed E-state index contributed by atoms with van der Waals surface area (Å²) in [5, 5.41) is 15.3. The first-order valence-electron chi connectivity index (χ1n) is 7.23. The summed E-state index contributed by atoms with van der Waals surface area (Å²) >= 11 is 0. The van der Waals surface area contributed by atoms with E-state index in [1.807, 2.05) is 32.0 Å². The predicted molar refractivity (Wildman–Crippen MR) is 93.3 cm³/mol. The zero-order chi connectivity index (χ0) is 17.7. The monoisotopic (exact) mass is 329 g/mol. The SMILES string of the molecule is COc1cc(OC)c([N+](=O)[O-])cc1/C=N/Nc1ccc(C)c(C)c1. The number of nitro benzene ring substituents is 1. The van der Waals surface area contributed by atoms with Gasteiger partial charge in [0.15, 0.2) is 0 Å². The standard InChI is InChI=1S/C17H19N3O4/c1-11-5-6-14(7-12(11)2)19-18-10-13-8-15(20(21)22)17(24-4)9-16(13)23-3/h5-10,19H,1-4H3/b18-10+. The Bertz CT molecular complexity index is 788. The van der Waals surface area contributed by atoms with E-state index in [4.69, 9.17) is 9.47 Å². The van der Waals surface area contributed by atoms with E-state index >= 15 is 0 Å². The molecule has 0 bridgehead atoms. The van der Waals surface area contributed by atoms with Gasteiger partial charge in [0.1, 0.15) is 5.75 Å². The Morgan fingerprint density at radius 2 is 1.79 bits per heavy atom. The van der Waals surface area contributed by atoms with Crippen molar-refractivity contribution in [3.63, 3.8) is 0 Å². The summed E-state index contributed by atoms with van der Waals surface area (Å²) in [6.45, 7) is 4.05. The molecule has 2 rings (SSSR count). The predicted octanol–water partition coefficient (Wildman–Crippen LogP) is 3.67. The second kappa shape index (κ2) is 7.45. The van der Waals surface area contributed by atoms with E-state index in [9.17, 15) is 10.1 Å². The van der Waals surface area contributed by atoms with Crippen molar-refractivity contribution in [1.82, 2.24) is 0 Å². The van der Waals surface area contributed by atoms with Gasteiger partial charge in [-0.3, -0.25) is 15.5 Å². The van der Waals surface area contributed by atoms with Crippen molar-refractivity contribution in [3.05, 3.63) is 57.1 Å². The van der Waals surface area contributed by atoms with Gasteiger partial charge in [0.2, 0.25) is 5.75 Å². The van der Waals surface area contributed by atoms with Crippen molar-refractivity contribution < 1.29 is 14.4 Å². The fourth-order valence-electron chi connectivity index (χ4n) is 2.14. The molecule has 0 unspecified atom stereocenters. The van der Waals surface area contributed by atoms with Crippen molar-refractivity contribution in [1.29, 1.82) is 0 Å². The molecule has 7 heteroatoms. The summed E-state index contributed by atoms with van der Waals surface area (Å²) < 4.78 is 10.3. The average Bonchev–Trinajstić information content (AvgIpc) is 2.57. The van der Waals surface area contributed by atoms with Gasteiger partial charge in [-0.1, -0.05) is 6.07 Å². The molecule has 0 saturated heterocycles. The van der Waals surface area contributed by atoms with Gasteiger partial charge in [0.05, 0.1) is 31.0 Å². The number of aryl methyl sites for hydroxylation is 2. The van der Waals surface area contributed by atoms with Gasteiger partial charge in [-0.2, -0.15) is 5.10 Å². The molecule has 0 heterocycles. The second-order valence-electron chi connectivity index (χ2n) is 5.19. The van der Waals surface area contributed by atoms with E-state index in [1.54, 1.807) is 0 Å². The molecule has 0 amide bonds. The summed E-state index contributed by atoms with van der Waals surface area (Å²) in [6, 6.07) is 8.71. The van der Waals surface area contributed by atoms with Crippen molar-refractivity contribution >= 4 is 17.6 Å². The molecule has 24 heavy (non-hydrogen) atoms. The highest BCUT2D eigenvalue weighted by Crippen LogP contribution is 2.33. The molecule has 0 aliphatic heterocycles. The first-order valence-corrected chi connectivity index (χ1v) is 7.23. The minimum atomic E-state index is -0.508. The highest BCUT2D eigenvalue weighted by Gasteiger charge is 2.18. The largest absolute Gasteiger partial charge is 0.496 e. The zero-order valence-corrected chi connectivity index (χ0v) is 14.0. The molecule has 0 saturated carbocycles. The molecule has 2 aromatic rings. The molecule has 0 spiro atoms. The summed E-state index contributed by atoms with van der Waals surface area (Å²) in [6.07, 6.45) is 1.47. The third kappa shape index (κ3) is 3.81. The highest BCUT2D eigenvalue weighted by molar-refractivity contribution is 5.86. The molecule has 0 fully saturated rings. The van der Waals surface area contributed by atoms with Crippen LogP contribution in [-0.2, 0) is 0 Å². The fraction of sp³-hybridized carbons (Fsp3) is 0.235. The van der Waals surface area contributed by atoms with Gasteiger partial charge in [-0.25, -0.2) is 0 Å². The first-order chi connectivity index (χ1) is 11.5. The Labute approximate surface area is 140 Å². The van der Waals surface area contributed by atoms with Crippen molar-refractivity contribution in [3.8, 4) is 11.5 Å². The number of hydrazone groups is 1.